The van der Waals surface area contributed by atoms with Crippen molar-refractivity contribution in [1.29, 1.82) is 0 Å². The first-order chi connectivity index (χ1) is 11.3. The molecule has 0 saturated heterocycles. The van der Waals surface area contributed by atoms with Crippen LogP contribution < -0.4 is 16.0 Å². The van der Waals surface area contributed by atoms with E-state index in [-0.39, 0.29) is 28.5 Å². The molecule has 0 aliphatic carbocycles. The minimum absolute atomic E-state index is 0.0358. The number of imidazole rings is 1. The van der Waals surface area contributed by atoms with Crippen molar-refractivity contribution in [2.24, 2.45) is 21.1 Å². The Bertz CT molecular complexity index is 1090. The van der Waals surface area contributed by atoms with Crippen molar-refractivity contribution in [3.8, 4) is 11.8 Å². The molecule has 9 nitrogen and oxygen atoms in total. The predicted octanol–water partition coefficient (Wildman–Crippen LogP) is -0.105. The number of esters is 1. The Morgan fingerprint density at radius 2 is 1.75 bits per heavy atom. The molecular formula is C15H14N4O5. The average molecular weight is 330 g/mol. The Labute approximate surface area is 135 Å². The second-order valence-electron chi connectivity index (χ2n) is 5.24. The van der Waals surface area contributed by atoms with Crippen LogP contribution in [0.2, 0.25) is 0 Å². The second-order valence-corrected chi connectivity index (χ2v) is 5.24. The fraction of sp³-hybridized carbons (Fsp3) is 0.200. The molecule has 0 fully saturated rings. The summed E-state index contributed by atoms with van der Waals surface area (Å²) < 4.78 is 8.59. The van der Waals surface area contributed by atoms with Gasteiger partial charge in [-0.2, -0.15) is 4.98 Å². The van der Waals surface area contributed by atoms with Crippen molar-refractivity contribution < 1.29 is 14.6 Å². The number of aryl methyl sites for hydroxylation is 2. The zero-order chi connectivity index (χ0) is 17.6. The number of para-hydroxylation sites is 1. The summed E-state index contributed by atoms with van der Waals surface area (Å²) in [4.78, 5) is 40.4. The molecule has 0 atom stereocenters. The number of carbonyl (C=O) groups excluding carboxylic acids is 1. The van der Waals surface area contributed by atoms with Gasteiger partial charge in [-0.1, -0.05) is 12.1 Å². The molecule has 0 spiro atoms. The standard InChI is InChI=1S/C15H14N4O5/c1-17-10-11(18(2)15(23)19(3)12(10)21)16-14(17)24-13(22)8-6-4-5-7-9(8)20/h4-7,20H,1-3H3. The zero-order valence-electron chi connectivity index (χ0n) is 13.2. The smallest absolute Gasteiger partial charge is 0.349 e. The highest BCUT2D eigenvalue weighted by molar-refractivity contribution is 5.93. The molecule has 0 saturated carbocycles. The molecule has 1 N–H and O–H groups in total. The van der Waals surface area contributed by atoms with E-state index in [4.69, 9.17) is 4.74 Å². The van der Waals surface area contributed by atoms with Gasteiger partial charge in [-0.05, 0) is 12.1 Å². The summed E-state index contributed by atoms with van der Waals surface area (Å²) in [6.45, 7) is 0. The Hall–Kier alpha value is -3.36. The van der Waals surface area contributed by atoms with Crippen LogP contribution in [0.1, 0.15) is 10.4 Å². The minimum atomic E-state index is -0.826. The molecule has 9 heteroatoms. The van der Waals surface area contributed by atoms with E-state index in [9.17, 15) is 19.5 Å². The number of fused-ring (bicyclic) bond motifs is 1. The van der Waals surface area contributed by atoms with Gasteiger partial charge in [0.2, 0.25) is 0 Å². The third kappa shape index (κ3) is 2.18. The lowest BCUT2D eigenvalue weighted by molar-refractivity contribution is 0.0712. The van der Waals surface area contributed by atoms with Crippen LogP contribution >= 0.6 is 0 Å². The number of phenolic OH excluding ortho intramolecular Hbond substituents is 1. The minimum Gasteiger partial charge on any atom is -0.507 e. The lowest BCUT2D eigenvalue weighted by atomic mass is 10.2. The third-order valence-electron chi connectivity index (χ3n) is 3.74. The van der Waals surface area contributed by atoms with Crippen LogP contribution in [0.15, 0.2) is 33.9 Å². The molecule has 3 rings (SSSR count). The van der Waals surface area contributed by atoms with Gasteiger partial charge in [0.15, 0.2) is 11.2 Å². The Kier molecular flexibility index (Phi) is 3.48. The van der Waals surface area contributed by atoms with Gasteiger partial charge in [-0.3, -0.25) is 18.5 Å². The first-order valence-electron chi connectivity index (χ1n) is 6.95. The van der Waals surface area contributed by atoms with E-state index in [1.165, 1.54) is 42.4 Å². The molecule has 0 radical (unpaired) electrons. The largest absolute Gasteiger partial charge is 0.507 e. The van der Waals surface area contributed by atoms with Crippen LogP contribution in [0.25, 0.3) is 11.2 Å². The monoisotopic (exact) mass is 330 g/mol. The van der Waals surface area contributed by atoms with Crippen LogP contribution in [0.4, 0.5) is 0 Å². The molecule has 0 amide bonds. The van der Waals surface area contributed by atoms with Gasteiger partial charge in [0.05, 0.1) is 0 Å². The summed E-state index contributed by atoms with van der Waals surface area (Å²) in [6, 6.07) is 5.74. The van der Waals surface area contributed by atoms with E-state index >= 15 is 0 Å². The summed E-state index contributed by atoms with van der Waals surface area (Å²) in [7, 11) is 4.31. The SMILES string of the molecule is Cn1c(=O)c2c(nc(OC(=O)c3ccccc3O)n2C)n(C)c1=O. The zero-order valence-corrected chi connectivity index (χ0v) is 13.2. The molecule has 0 aliphatic heterocycles. The van der Waals surface area contributed by atoms with Crippen molar-refractivity contribution >= 4 is 17.1 Å². The van der Waals surface area contributed by atoms with E-state index in [2.05, 4.69) is 4.98 Å². The molecule has 2 aromatic heterocycles. The number of aromatic hydroxyl groups is 1. The molecular weight excluding hydrogens is 316 g/mol. The number of nitrogens with zero attached hydrogens (tertiary/aromatic N) is 4. The lowest BCUT2D eigenvalue weighted by Gasteiger charge is -2.05. The van der Waals surface area contributed by atoms with Gasteiger partial charge in [0, 0.05) is 21.1 Å². The van der Waals surface area contributed by atoms with Gasteiger partial charge in [0.1, 0.15) is 11.3 Å². The van der Waals surface area contributed by atoms with Gasteiger partial charge >= 0.3 is 17.7 Å². The maximum Gasteiger partial charge on any atom is 0.349 e. The fourth-order valence-electron chi connectivity index (χ4n) is 2.37. The van der Waals surface area contributed by atoms with Crippen molar-refractivity contribution in [2.45, 2.75) is 0 Å². The lowest BCUT2D eigenvalue weighted by Crippen LogP contribution is -2.37. The Morgan fingerprint density at radius 3 is 2.42 bits per heavy atom. The first kappa shape index (κ1) is 15.5. The van der Waals surface area contributed by atoms with Gasteiger partial charge in [-0.25, -0.2) is 9.59 Å². The Balaban J connectivity index is 2.14. The number of benzene rings is 1. The fourth-order valence-corrected chi connectivity index (χ4v) is 2.37. The summed E-state index contributed by atoms with van der Waals surface area (Å²) in [5.74, 6) is -1.06. The van der Waals surface area contributed by atoms with Crippen molar-refractivity contribution in [3.05, 3.63) is 50.7 Å². The number of carbonyl (C=O) groups is 1. The number of aromatic nitrogens is 4. The highest BCUT2D eigenvalue weighted by Crippen LogP contribution is 2.20. The van der Waals surface area contributed by atoms with E-state index in [0.717, 1.165) is 4.57 Å². The summed E-state index contributed by atoms with van der Waals surface area (Å²) in [6.07, 6.45) is 0. The maximum absolute atomic E-state index is 12.3. The summed E-state index contributed by atoms with van der Waals surface area (Å²) >= 11 is 0. The van der Waals surface area contributed by atoms with Gasteiger partial charge in [0.25, 0.3) is 5.56 Å². The molecule has 1 aromatic carbocycles. The van der Waals surface area contributed by atoms with Gasteiger partial charge in [-0.15, -0.1) is 0 Å². The molecule has 0 bridgehead atoms. The molecule has 124 valence electrons. The average Bonchev–Trinajstić information content (AvgIpc) is 2.88. The number of ether oxygens (including phenoxy) is 1. The maximum atomic E-state index is 12.3. The normalized spacial score (nSPS) is 11.0. The van der Waals surface area contributed by atoms with Crippen molar-refractivity contribution in [2.75, 3.05) is 0 Å². The number of phenols is 1. The van der Waals surface area contributed by atoms with Crippen molar-refractivity contribution in [3.63, 3.8) is 0 Å². The van der Waals surface area contributed by atoms with Crippen LogP contribution in [0.3, 0.4) is 0 Å². The molecule has 0 aliphatic rings. The van der Waals surface area contributed by atoms with E-state index in [0.29, 0.717) is 0 Å². The number of rotatable bonds is 2. The summed E-state index contributed by atoms with van der Waals surface area (Å²) in [5, 5.41) is 9.70. The highest BCUT2D eigenvalue weighted by Gasteiger charge is 2.21. The van der Waals surface area contributed by atoms with E-state index < -0.39 is 17.2 Å². The number of hydrogen-bond donors (Lipinski definition) is 1. The van der Waals surface area contributed by atoms with Crippen molar-refractivity contribution in [1.82, 2.24) is 18.7 Å². The number of hydrogen-bond acceptors (Lipinski definition) is 6. The molecule has 3 aromatic rings. The molecule has 24 heavy (non-hydrogen) atoms. The highest BCUT2D eigenvalue weighted by atomic mass is 16.6. The van der Waals surface area contributed by atoms with E-state index in [1.54, 1.807) is 12.1 Å². The Morgan fingerprint density at radius 1 is 1.08 bits per heavy atom. The molecule has 0 unspecified atom stereocenters. The first-order valence-corrected chi connectivity index (χ1v) is 6.95. The molecule has 2 heterocycles. The predicted molar refractivity (Wildman–Crippen MR) is 84.3 cm³/mol. The van der Waals surface area contributed by atoms with Gasteiger partial charge < -0.3 is 9.84 Å². The third-order valence-corrected chi connectivity index (χ3v) is 3.74. The van der Waals surface area contributed by atoms with Crippen LogP contribution in [0.5, 0.6) is 11.8 Å². The van der Waals surface area contributed by atoms with Crippen LogP contribution in [-0.4, -0.2) is 29.8 Å². The second kappa shape index (κ2) is 5.37. The topological polar surface area (TPSA) is 108 Å². The van der Waals surface area contributed by atoms with E-state index in [1.807, 2.05) is 0 Å². The van der Waals surface area contributed by atoms with Crippen LogP contribution in [-0.2, 0) is 21.1 Å². The quantitative estimate of drug-likeness (QED) is 0.657. The summed E-state index contributed by atoms with van der Waals surface area (Å²) in [5.41, 5.74) is -0.895. The van der Waals surface area contributed by atoms with Crippen LogP contribution in [0, 0.1) is 0 Å².